The molecule has 9 nitrogen and oxygen atoms in total. The minimum atomic E-state index is -0.242. The highest BCUT2D eigenvalue weighted by atomic mass is 16.1. The van der Waals surface area contributed by atoms with Gasteiger partial charge in [0.25, 0.3) is 5.91 Å². The first kappa shape index (κ1) is 18.6. The minimum Gasteiger partial charge on any atom is -0.388 e. The number of nitrogens with zero attached hydrogens (tertiary/aromatic N) is 2. The third-order valence-electron chi connectivity index (χ3n) is 3.33. The molecule has 0 bridgehead atoms. The highest BCUT2D eigenvalue weighted by molar-refractivity contribution is 5.96. The Labute approximate surface area is 150 Å². The minimum absolute atomic E-state index is 0.0252. The molecule has 0 aromatic heterocycles. The molecule has 0 aliphatic carbocycles. The Balaban J connectivity index is 1.91. The lowest BCUT2D eigenvalue weighted by Crippen LogP contribution is -2.27. The molecule has 0 unspecified atom stereocenters. The first-order valence-electron chi connectivity index (χ1n) is 7.78. The van der Waals surface area contributed by atoms with Crippen LogP contribution in [0.4, 0.5) is 11.4 Å². The van der Waals surface area contributed by atoms with Crippen LogP contribution in [0.25, 0.3) is 0 Å². The van der Waals surface area contributed by atoms with Gasteiger partial charge in [0, 0.05) is 24.1 Å². The van der Waals surface area contributed by atoms with Crippen molar-refractivity contribution in [2.24, 2.45) is 21.8 Å². The smallest absolute Gasteiger partial charge is 0.251 e. The summed E-state index contributed by atoms with van der Waals surface area (Å²) < 4.78 is 0. The molecule has 0 saturated heterocycles. The number of anilines is 1. The first-order chi connectivity index (χ1) is 12.5. The maximum atomic E-state index is 11.9. The molecule has 2 aromatic carbocycles. The average molecular weight is 352 g/mol. The molecule has 0 saturated carbocycles. The van der Waals surface area contributed by atoms with E-state index in [0.717, 1.165) is 0 Å². The molecule has 2 rings (SSSR count). The fourth-order valence-corrected chi connectivity index (χ4v) is 1.99. The van der Waals surface area contributed by atoms with Crippen LogP contribution in [-0.2, 0) is 0 Å². The summed E-state index contributed by atoms with van der Waals surface area (Å²) in [6.07, 6.45) is 0.314. The molecule has 9 heteroatoms. The topological polar surface area (TPSA) is 166 Å². The second-order valence-electron chi connectivity index (χ2n) is 5.38. The van der Waals surface area contributed by atoms with Crippen LogP contribution in [0, 0.1) is 10.8 Å². The molecular weight excluding hydrogens is 332 g/mol. The van der Waals surface area contributed by atoms with Crippen LogP contribution >= 0.6 is 0 Å². The number of nitrogen functional groups attached to an aromatic ring is 1. The number of carbonyl (C=O) groups excluding carboxylic acids is 1. The van der Waals surface area contributed by atoms with Crippen molar-refractivity contribution in [1.29, 1.82) is 10.8 Å². The Bertz CT molecular complexity index is 829. The molecule has 134 valence electrons. The lowest BCUT2D eigenvalue weighted by molar-refractivity contribution is 0.0955. The normalized spacial score (nSPS) is 10.5. The van der Waals surface area contributed by atoms with Crippen molar-refractivity contribution >= 4 is 29.0 Å². The van der Waals surface area contributed by atoms with Gasteiger partial charge in [-0.3, -0.25) is 21.0 Å². The second kappa shape index (κ2) is 8.92. The molecule has 26 heavy (non-hydrogen) atoms. The molecule has 2 aromatic rings. The zero-order chi connectivity index (χ0) is 18.9. The summed E-state index contributed by atoms with van der Waals surface area (Å²) in [6.45, 7) is 0.318. The zero-order valence-electron chi connectivity index (χ0n) is 14.0. The van der Waals surface area contributed by atoms with Crippen LogP contribution in [0.15, 0.2) is 58.9 Å². The predicted octanol–water partition coefficient (Wildman–Crippen LogP) is 2.14. The number of amides is 1. The Morgan fingerprint density at radius 1 is 1.04 bits per heavy atom. The Morgan fingerprint density at radius 2 is 1.77 bits per heavy atom. The largest absolute Gasteiger partial charge is 0.388 e. The Kier molecular flexibility index (Phi) is 6.38. The van der Waals surface area contributed by atoms with Crippen molar-refractivity contribution in [2.45, 2.75) is 6.42 Å². The summed E-state index contributed by atoms with van der Waals surface area (Å²) in [5.41, 5.74) is 15.7. The van der Waals surface area contributed by atoms with Gasteiger partial charge in [-0.05, 0) is 36.4 Å². The fraction of sp³-hybridized carbons (Fsp3) is 0.118. The summed E-state index contributed by atoms with van der Waals surface area (Å²) in [7, 11) is 0. The predicted molar refractivity (Wildman–Crippen MR) is 101 cm³/mol. The number of carbonyl (C=O) groups is 1. The summed E-state index contributed by atoms with van der Waals surface area (Å²) in [5.74, 6) is -0.237. The van der Waals surface area contributed by atoms with Crippen molar-refractivity contribution in [3.05, 3.63) is 59.7 Å². The number of hydrogen-bond donors (Lipinski definition) is 6. The van der Waals surface area contributed by atoms with Gasteiger partial charge in [0.05, 0.1) is 17.2 Å². The molecule has 0 aliphatic rings. The van der Waals surface area contributed by atoms with E-state index in [1.807, 2.05) is 0 Å². The molecule has 0 aliphatic heterocycles. The third-order valence-corrected chi connectivity index (χ3v) is 3.33. The van der Waals surface area contributed by atoms with Gasteiger partial charge in [0.2, 0.25) is 0 Å². The molecular formula is C17H20N8O. The lowest BCUT2D eigenvalue weighted by atomic mass is 10.2. The number of nitrogens with two attached hydrogens (primary N) is 2. The standard InChI is InChI=1S/C17H20N8O/c18-15(19)8-9-22-17(26)11-4-6-13(7-5-11)23-25-24-14-3-1-2-12(10-14)16(20)21/h1-7,10H,8-9H2,(H3,18,19)(H3,20,21)(H,22,26)(H,23,24). The number of amidine groups is 2. The van der Waals surface area contributed by atoms with Gasteiger partial charge in [-0.2, -0.15) is 0 Å². The Hall–Kier alpha value is -3.75. The molecule has 0 fully saturated rings. The molecule has 1 amide bonds. The summed E-state index contributed by atoms with van der Waals surface area (Å²) in [4.78, 5) is 11.9. The van der Waals surface area contributed by atoms with Crippen LogP contribution in [0.3, 0.4) is 0 Å². The van der Waals surface area contributed by atoms with E-state index in [9.17, 15) is 4.79 Å². The third kappa shape index (κ3) is 5.71. The molecule has 8 N–H and O–H groups in total. The van der Waals surface area contributed by atoms with Crippen molar-refractivity contribution in [3.8, 4) is 0 Å². The molecule has 0 spiro atoms. The monoisotopic (exact) mass is 352 g/mol. The van der Waals surface area contributed by atoms with Gasteiger partial charge >= 0.3 is 0 Å². The summed E-state index contributed by atoms with van der Waals surface area (Å²) in [5, 5.41) is 25.1. The number of benzene rings is 2. The van der Waals surface area contributed by atoms with Crippen LogP contribution in [-0.4, -0.2) is 24.1 Å². The van der Waals surface area contributed by atoms with Gasteiger partial charge < -0.3 is 16.8 Å². The van der Waals surface area contributed by atoms with E-state index >= 15 is 0 Å². The SMILES string of the molecule is N=C(N)CCNC(=O)c1ccc(N=NNc2cccc(C(=N)N)c2)cc1. The molecule has 0 atom stereocenters. The van der Waals surface area contributed by atoms with Crippen LogP contribution in [0.5, 0.6) is 0 Å². The van der Waals surface area contributed by atoms with Gasteiger partial charge in [0.1, 0.15) is 5.84 Å². The van der Waals surface area contributed by atoms with Crippen LogP contribution < -0.4 is 22.2 Å². The van der Waals surface area contributed by atoms with Crippen molar-refractivity contribution in [3.63, 3.8) is 0 Å². The number of rotatable bonds is 8. The van der Waals surface area contributed by atoms with Gasteiger partial charge in [-0.25, -0.2) is 0 Å². The van der Waals surface area contributed by atoms with E-state index in [4.69, 9.17) is 22.3 Å². The van der Waals surface area contributed by atoms with Crippen molar-refractivity contribution in [2.75, 3.05) is 12.0 Å². The van der Waals surface area contributed by atoms with E-state index in [1.165, 1.54) is 0 Å². The maximum absolute atomic E-state index is 11.9. The van der Waals surface area contributed by atoms with Gasteiger partial charge in [-0.15, -0.1) is 5.11 Å². The summed E-state index contributed by atoms with van der Waals surface area (Å²) >= 11 is 0. The maximum Gasteiger partial charge on any atom is 0.251 e. The summed E-state index contributed by atoms with van der Waals surface area (Å²) in [6, 6.07) is 13.5. The van der Waals surface area contributed by atoms with E-state index in [-0.39, 0.29) is 17.6 Å². The van der Waals surface area contributed by atoms with E-state index in [1.54, 1.807) is 48.5 Å². The second-order valence-corrected chi connectivity index (χ2v) is 5.38. The van der Waals surface area contributed by atoms with E-state index in [0.29, 0.717) is 35.5 Å². The van der Waals surface area contributed by atoms with Gasteiger partial charge in [-0.1, -0.05) is 17.4 Å². The van der Waals surface area contributed by atoms with E-state index in [2.05, 4.69) is 21.1 Å². The Morgan fingerprint density at radius 3 is 2.42 bits per heavy atom. The van der Waals surface area contributed by atoms with Gasteiger partial charge in [0.15, 0.2) is 0 Å². The average Bonchev–Trinajstić information content (AvgIpc) is 2.62. The number of nitrogens with one attached hydrogen (secondary N) is 4. The lowest BCUT2D eigenvalue weighted by Gasteiger charge is -2.04. The first-order valence-corrected chi connectivity index (χ1v) is 7.78. The highest BCUT2D eigenvalue weighted by Gasteiger charge is 2.04. The van der Waals surface area contributed by atoms with E-state index < -0.39 is 0 Å². The number of hydrogen-bond acceptors (Lipinski definition) is 5. The fourth-order valence-electron chi connectivity index (χ4n) is 1.99. The highest BCUT2D eigenvalue weighted by Crippen LogP contribution is 2.15. The zero-order valence-corrected chi connectivity index (χ0v) is 14.0. The van der Waals surface area contributed by atoms with Crippen molar-refractivity contribution in [1.82, 2.24) is 5.32 Å². The quantitative estimate of drug-likeness (QED) is 0.185. The molecule has 0 heterocycles. The van der Waals surface area contributed by atoms with Crippen LogP contribution in [0.2, 0.25) is 0 Å². The molecule has 0 radical (unpaired) electrons. The van der Waals surface area contributed by atoms with Crippen LogP contribution in [0.1, 0.15) is 22.3 Å². The van der Waals surface area contributed by atoms with Crippen molar-refractivity contribution < 1.29 is 4.79 Å².